The third-order valence-electron chi connectivity index (χ3n) is 4.25. The molecule has 2 fully saturated rings. The van der Waals surface area contributed by atoms with Gasteiger partial charge in [0.15, 0.2) is 0 Å². The number of hydrogen-bond acceptors (Lipinski definition) is 2. The van der Waals surface area contributed by atoms with Crippen molar-refractivity contribution in [2.24, 2.45) is 17.8 Å². The number of allylic oxidation sites excluding steroid dienone is 2. The molecule has 1 saturated heterocycles. The number of hydrogen-bond donors (Lipinski definition) is 1. The van der Waals surface area contributed by atoms with Crippen molar-refractivity contribution in [1.29, 1.82) is 0 Å². The first kappa shape index (κ1) is 9.86. The van der Waals surface area contributed by atoms with E-state index in [0.29, 0.717) is 6.04 Å². The fraction of sp³-hybridized carbons (Fsp3) is 0.846. The second-order valence-corrected chi connectivity index (χ2v) is 5.36. The average Bonchev–Trinajstić information content (AvgIpc) is 2.89. The van der Waals surface area contributed by atoms with Gasteiger partial charge in [0.1, 0.15) is 0 Å². The molecule has 0 amide bonds. The van der Waals surface area contributed by atoms with Crippen LogP contribution in [-0.4, -0.2) is 25.8 Å². The Morgan fingerprint density at radius 3 is 2.93 bits per heavy atom. The van der Waals surface area contributed by atoms with Crippen molar-refractivity contribution in [2.75, 3.05) is 19.8 Å². The van der Waals surface area contributed by atoms with E-state index in [1.54, 1.807) is 0 Å². The van der Waals surface area contributed by atoms with Crippen molar-refractivity contribution in [1.82, 2.24) is 5.32 Å². The second-order valence-electron chi connectivity index (χ2n) is 5.36. The van der Waals surface area contributed by atoms with Crippen LogP contribution in [0.5, 0.6) is 0 Å². The van der Waals surface area contributed by atoms with E-state index < -0.39 is 0 Å². The lowest BCUT2D eigenvalue weighted by Gasteiger charge is -2.26. The van der Waals surface area contributed by atoms with Gasteiger partial charge in [0.25, 0.3) is 0 Å². The highest BCUT2D eigenvalue weighted by atomic mass is 16.5. The molecular weight excluding hydrogens is 186 g/mol. The summed E-state index contributed by atoms with van der Waals surface area (Å²) < 4.78 is 5.48. The van der Waals surface area contributed by atoms with E-state index in [1.165, 1.54) is 32.2 Å². The molecule has 15 heavy (non-hydrogen) atoms. The van der Waals surface area contributed by atoms with Gasteiger partial charge in [-0.2, -0.15) is 0 Å². The lowest BCUT2D eigenvalue weighted by atomic mass is 9.93. The highest BCUT2D eigenvalue weighted by Gasteiger charge is 2.35. The summed E-state index contributed by atoms with van der Waals surface area (Å²) in [6, 6.07) is 0.627. The third-order valence-corrected chi connectivity index (χ3v) is 4.25. The highest BCUT2D eigenvalue weighted by Crippen LogP contribution is 2.42. The Bertz CT molecular complexity index is 245. The molecule has 0 aromatic heterocycles. The van der Waals surface area contributed by atoms with Crippen molar-refractivity contribution >= 4 is 0 Å². The van der Waals surface area contributed by atoms with Gasteiger partial charge in [0, 0.05) is 12.6 Å². The topological polar surface area (TPSA) is 21.3 Å². The number of nitrogens with one attached hydrogen (secondary N) is 1. The van der Waals surface area contributed by atoms with Crippen LogP contribution in [0.1, 0.15) is 25.7 Å². The molecule has 0 aromatic carbocycles. The average molecular weight is 207 g/mol. The van der Waals surface area contributed by atoms with Crippen LogP contribution in [0.4, 0.5) is 0 Å². The molecule has 4 atom stereocenters. The van der Waals surface area contributed by atoms with Gasteiger partial charge >= 0.3 is 0 Å². The Morgan fingerprint density at radius 2 is 2.27 bits per heavy atom. The summed E-state index contributed by atoms with van der Waals surface area (Å²) in [5.74, 6) is 2.69. The minimum absolute atomic E-state index is 0.627. The van der Waals surface area contributed by atoms with Gasteiger partial charge in [0.2, 0.25) is 0 Å². The van der Waals surface area contributed by atoms with Crippen LogP contribution in [-0.2, 0) is 4.74 Å². The number of ether oxygens (including phenoxy) is 1. The van der Waals surface area contributed by atoms with Crippen LogP contribution >= 0.6 is 0 Å². The van der Waals surface area contributed by atoms with E-state index in [2.05, 4.69) is 17.5 Å². The molecule has 1 aliphatic heterocycles. The molecule has 84 valence electrons. The van der Waals surface area contributed by atoms with Gasteiger partial charge in [-0.1, -0.05) is 12.2 Å². The quantitative estimate of drug-likeness (QED) is 0.714. The fourth-order valence-electron chi connectivity index (χ4n) is 3.35. The normalized spacial score (nSPS) is 43.7. The summed E-state index contributed by atoms with van der Waals surface area (Å²) in [4.78, 5) is 0. The maximum absolute atomic E-state index is 5.48. The van der Waals surface area contributed by atoms with E-state index in [0.717, 1.165) is 31.0 Å². The van der Waals surface area contributed by atoms with Gasteiger partial charge in [-0.05, 0) is 50.0 Å². The third kappa shape index (κ3) is 2.11. The second kappa shape index (κ2) is 4.26. The summed E-state index contributed by atoms with van der Waals surface area (Å²) in [7, 11) is 0. The Labute approximate surface area is 92.1 Å². The summed E-state index contributed by atoms with van der Waals surface area (Å²) in [5.41, 5.74) is 0. The van der Waals surface area contributed by atoms with E-state index in [-0.39, 0.29) is 0 Å². The minimum Gasteiger partial charge on any atom is -0.380 e. The molecule has 1 saturated carbocycles. The largest absolute Gasteiger partial charge is 0.380 e. The lowest BCUT2D eigenvalue weighted by Crippen LogP contribution is -2.40. The molecule has 0 aromatic rings. The Morgan fingerprint density at radius 1 is 1.27 bits per heavy atom. The summed E-state index contributed by atoms with van der Waals surface area (Å²) in [6.07, 6.45) is 10.2. The van der Waals surface area contributed by atoms with Gasteiger partial charge in [0.05, 0.1) is 6.61 Å². The maximum atomic E-state index is 5.48. The maximum Gasteiger partial charge on any atom is 0.0619 e. The number of fused-ring (bicyclic) bond motifs is 2. The lowest BCUT2D eigenvalue weighted by molar-refractivity contribution is 0.0686. The SMILES string of the molecule is C1=CC2CC1CC2CNC1CCCOC1. The predicted octanol–water partition coefficient (Wildman–Crippen LogP) is 1.97. The smallest absolute Gasteiger partial charge is 0.0619 e. The standard InChI is InChI=1S/C13H21NO/c1-2-13(9-15-5-1)14-8-12-7-10-3-4-11(12)6-10/h3-4,10-14H,1-2,5-9H2. The zero-order valence-electron chi connectivity index (χ0n) is 9.32. The summed E-state index contributed by atoms with van der Waals surface area (Å²) >= 11 is 0. The van der Waals surface area contributed by atoms with Crippen molar-refractivity contribution in [3.8, 4) is 0 Å². The van der Waals surface area contributed by atoms with Crippen LogP contribution in [0, 0.1) is 17.8 Å². The zero-order valence-corrected chi connectivity index (χ0v) is 9.32. The van der Waals surface area contributed by atoms with Crippen LogP contribution in [0.2, 0.25) is 0 Å². The summed E-state index contributed by atoms with van der Waals surface area (Å²) in [6.45, 7) is 3.10. The van der Waals surface area contributed by atoms with E-state index in [9.17, 15) is 0 Å². The fourth-order valence-corrected chi connectivity index (χ4v) is 3.35. The molecule has 1 N–H and O–H groups in total. The molecule has 3 rings (SSSR count). The van der Waals surface area contributed by atoms with Crippen LogP contribution in [0.15, 0.2) is 12.2 Å². The molecular formula is C13H21NO. The molecule has 4 unspecified atom stereocenters. The van der Waals surface area contributed by atoms with Crippen LogP contribution in [0.25, 0.3) is 0 Å². The first-order valence-electron chi connectivity index (χ1n) is 6.41. The molecule has 2 bridgehead atoms. The minimum atomic E-state index is 0.627. The van der Waals surface area contributed by atoms with Gasteiger partial charge < -0.3 is 10.1 Å². The Hall–Kier alpha value is -0.340. The first-order chi connectivity index (χ1) is 7.42. The summed E-state index contributed by atoms with van der Waals surface area (Å²) in [5, 5.41) is 3.69. The Balaban J connectivity index is 1.44. The van der Waals surface area contributed by atoms with Crippen molar-refractivity contribution in [3.63, 3.8) is 0 Å². The molecule has 1 heterocycles. The molecule has 2 heteroatoms. The van der Waals surface area contributed by atoms with Gasteiger partial charge in [-0.3, -0.25) is 0 Å². The van der Waals surface area contributed by atoms with E-state index >= 15 is 0 Å². The van der Waals surface area contributed by atoms with Crippen molar-refractivity contribution in [3.05, 3.63) is 12.2 Å². The Kier molecular flexibility index (Phi) is 2.80. The van der Waals surface area contributed by atoms with Crippen LogP contribution < -0.4 is 5.32 Å². The number of rotatable bonds is 3. The van der Waals surface area contributed by atoms with Crippen molar-refractivity contribution < 1.29 is 4.74 Å². The molecule has 2 aliphatic carbocycles. The van der Waals surface area contributed by atoms with E-state index in [1.807, 2.05) is 0 Å². The van der Waals surface area contributed by atoms with E-state index in [4.69, 9.17) is 4.74 Å². The highest BCUT2D eigenvalue weighted by molar-refractivity contribution is 5.10. The van der Waals surface area contributed by atoms with Crippen LogP contribution in [0.3, 0.4) is 0 Å². The first-order valence-corrected chi connectivity index (χ1v) is 6.41. The zero-order chi connectivity index (χ0) is 10.1. The predicted molar refractivity (Wildman–Crippen MR) is 60.7 cm³/mol. The molecule has 0 spiro atoms. The molecule has 0 radical (unpaired) electrons. The molecule has 3 aliphatic rings. The van der Waals surface area contributed by atoms with Gasteiger partial charge in [-0.15, -0.1) is 0 Å². The molecule has 2 nitrogen and oxygen atoms in total. The van der Waals surface area contributed by atoms with Crippen molar-refractivity contribution in [2.45, 2.75) is 31.7 Å². The van der Waals surface area contributed by atoms with Gasteiger partial charge in [-0.25, -0.2) is 0 Å². The monoisotopic (exact) mass is 207 g/mol.